The van der Waals surface area contributed by atoms with Crippen molar-refractivity contribution in [3.8, 4) is 5.75 Å². The molecule has 6 heteroatoms. The van der Waals surface area contributed by atoms with Gasteiger partial charge in [-0.15, -0.1) is 0 Å². The molecule has 1 fully saturated rings. The quantitative estimate of drug-likeness (QED) is 0.608. The highest BCUT2D eigenvalue weighted by Crippen LogP contribution is 2.37. The second-order valence-electron chi connectivity index (χ2n) is 5.31. The van der Waals surface area contributed by atoms with E-state index in [9.17, 15) is 0 Å². The fraction of sp³-hybridized carbons (Fsp3) is 0.583. The van der Waals surface area contributed by atoms with Gasteiger partial charge < -0.3 is 14.0 Å². The average Bonchev–Trinajstić information content (AvgIpc) is 2.47. The van der Waals surface area contributed by atoms with E-state index in [2.05, 4.69) is 4.98 Å². The Morgan fingerprint density at radius 2 is 1.78 bits per heavy atom. The van der Waals surface area contributed by atoms with Crippen LogP contribution in [-0.4, -0.2) is 30.4 Å². The molecule has 2 heterocycles. The summed E-state index contributed by atoms with van der Waals surface area (Å²) in [6, 6.07) is 1.74. The van der Waals surface area contributed by atoms with E-state index < -0.39 is 18.3 Å². The average molecular weight is 270 g/mol. The van der Waals surface area contributed by atoms with Crippen LogP contribution < -0.4 is 10.2 Å². The minimum Gasteiger partial charge on any atom is -0.497 e. The summed E-state index contributed by atoms with van der Waals surface area (Å²) in [6.07, 6.45) is 1.59. The Morgan fingerprint density at radius 1 is 1.22 bits per heavy atom. The van der Waals surface area contributed by atoms with Crippen LogP contribution in [0.4, 0.5) is 0 Å². The molecule has 0 saturated carbocycles. The number of nitrogens with zero attached hydrogens (tertiary/aromatic N) is 1. The lowest BCUT2D eigenvalue weighted by molar-refractivity contribution is 0.00578. The highest BCUT2D eigenvalue weighted by molar-refractivity contribution is 6.66. The van der Waals surface area contributed by atoms with Gasteiger partial charge in [0, 0.05) is 6.20 Å². The number of rotatable bonds is 2. The van der Waals surface area contributed by atoms with E-state index in [1.165, 1.54) is 0 Å². The van der Waals surface area contributed by atoms with Gasteiger partial charge in [-0.25, -0.2) is 4.98 Å². The van der Waals surface area contributed by atoms with Gasteiger partial charge in [0.05, 0.1) is 23.8 Å². The van der Waals surface area contributed by atoms with Crippen molar-refractivity contribution in [3.05, 3.63) is 17.4 Å². The van der Waals surface area contributed by atoms with Crippen molar-refractivity contribution in [2.24, 2.45) is 0 Å². The Balaban J connectivity index is 2.41. The largest absolute Gasteiger partial charge is 0.501 e. The zero-order valence-corrected chi connectivity index (χ0v) is 12.0. The predicted octanol–water partition coefficient (Wildman–Crippen LogP) is 2.04. The van der Waals surface area contributed by atoms with Crippen molar-refractivity contribution >= 4 is 24.2 Å². The number of ether oxygens (including phenoxy) is 1. The molecule has 2 rings (SSSR count). The summed E-state index contributed by atoms with van der Waals surface area (Å²) in [5.74, 6) is 0.619. The molecule has 18 heavy (non-hydrogen) atoms. The molecule has 0 unspecified atom stereocenters. The van der Waals surface area contributed by atoms with E-state index in [0.717, 1.165) is 0 Å². The van der Waals surface area contributed by atoms with Crippen LogP contribution >= 0.6 is 11.6 Å². The lowest BCUT2D eigenvalue weighted by Gasteiger charge is -2.32. The van der Waals surface area contributed by atoms with Crippen molar-refractivity contribution in [1.29, 1.82) is 0 Å². The molecule has 98 valence electrons. The maximum absolute atomic E-state index is 6.12. The van der Waals surface area contributed by atoms with Crippen LogP contribution in [0.3, 0.4) is 0 Å². The number of hydrogen-bond acceptors (Lipinski definition) is 4. The first-order chi connectivity index (χ1) is 8.28. The zero-order chi connectivity index (χ0) is 13.6. The molecular weight excluding hydrogens is 252 g/mol. The lowest BCUT2D eigenvalue weighted by Crippen LogP contribution is -2.41. The smallest absolute Gasteiger partial charge is 0.497 e. The summed E-state index contributed by atoms with van der Waals surface area (Å²) in [7, 11) is 1.02. The molecule has 1 aromatic rings. The molecule has 1 aromatic heterocycles. The second kappa shape index (κ2) is 4.40. The van der Waals surface area contributed by atoms with Crippen molar-refractivity contribution in [3.63, 3.8) is 0 Å². The number of methoxy groups -OCH3 is 1. The number of halogens is 1. The van der Waals surface area contributed by atoms with Gasteiger partial charge in [0.1, 0.15) is 10.9 Å². The van der Waals surface area contributed by atoms with Gasteiger partial charge in [0.2, 0.25) is 0 Å². The van der Waals surface area contributed by atoms with Crippen LogP contribution in [0.15, 0.2) is 12.3 Å². The third-order valence-electron chi connectivity index (χ3n) is 3.61. The minimum absolute atomic E-state index is 0.341. The van der Waals surface area contributed by atoms with Gasteiger partial charge in [0.15, 0.2) is 0 Å². The molecule has 0 radical (unpaired) electrons. The van der Waals surface area contributed by atoms with Crippen molar-refractivity contribution in [2.45, 2.75) is 38.9 Å². The number of hydrogen-bond donors (Lipinski definition) is 0. The minimum atomic E-state index is -0.564. The molecule has 0 amide bonds. The van der Waals surface area contributed by atoms with Gasteiger partial charge in [-0.05, 0) is 33.8 Å². The first-order valence-corrected chi connectivity index (χ1v) is 6.20. The van der Waals surface area contributed by atoms with Crippen LogP contribution in [0.25, 0.3) is 0 Å². The Bertz CT molecular complexity index is 449. The molecule has 0 N–H and O–H groups in total. The van der Waals surface area contributed by atoms with Gasteiger partial charge in [-0.2, -0.15) is 0 Å². The normalized spacial score (nSPS) is 21.1. The monoisotopic (exact) mass is 269 g/mol. The van der Waals surface area contributed by atoms with Crippen molar-refractivity contribution in [2.75, 3.05) is 7.11 Å². The Kier molecular flexibility index (Phi) is 3.34. The summed E-state index contributed by atoms with van der Waals surface area (Å²) >= 11 is 6.12. The van der Waals surface area contributed by atoms with Gasteiger partial charge in [0.25, 0.3) is 0 Å². The summed E-state index contributed by atoms with van der Waals surface area (Å²) in [4.78, 5) is 4.05. The van der Waals surface area contributed by atoms with Crippen LogP contribution in [0.5, 0.6) is 5.75 Å². The van der Waals surface area contributed by atoms with E-state index in [-0.39, 0.29) is 0 Å². The molecule has 0 atom stereocenters. The highest BCUT2D eigenvalue weighted by Gasteiger charge is 2.53. The fourth-order valence-corrected chi connectivity index (χ4v) is 2.02. The number of aromatic nitrogens is 1. The Labute approximate surface area is 113 Å². The molecule has 1 saturated heterocycles. The van der Waals surface area contributed by atoms with Crippen LogP contribution in [-0.2, 0) is 9.31 Å². The van der Waals surface area contributed by atoms with E-state index in [1.807, 2.05) is 27.7 Å². The second-order valence-corrected chi connectivity index (χ2v) is 5.66. The highest BCUT2D eigenvalue weighted by atomic mass is 35.5. The maximum atomic E-state index is 6.12. The van der Waals surface area contributed by atoms with Gasteiger partial charge in [-0.3, -0.25) is 0 Å². The summed E-state index contributed by atoms with van der Waals surface area (Å²) in [6.45, 7) is 7.96. The van der Waals surface area contributed by atoms with Gasteiger partial charge >= 0.3 is 7.12 Å². The molecule has 1 aliphatic heterocycles. The van der Waals surface area contributed by atoms with E-state index in [4.69, 9.17) is 25.6 Å². The number of pyridine rings is 1. The summed E-state index contributed by atoms with van der Waals surface area (Å²) < 4.78 is 17.2. The standard InChI is InChI=1S/C12H17BClNO3/c1-11(2)12(3,4)18-13(17-11)9-8(16-5)6-7-15-10(9)14/h6-7H,1-5H3. The van der Waals surface area contributed by atoms with E-state index in [0.29, 0.717) is 16.4 Å². The SMILES string of the molecule is COc1ccnc(Cl)c1B1OC(C)(C)C(C)(C)O1. The third kappa shape index (κ3) is 2.11. The first-order valence-electron chi connectivity index (χ1n) is 5.82. The zero-order valence-electron chi connectivity index (χ0n) is 11.3. The first kappa shape index (κ1) is 13.7. The van der Waals surface area contributed by atoms with Gasteiger partial charge in [-0.1, -0.05) is 11.6 Å². The van der Waals surface area contributed by atoms with Crippen LogP contribution in [0.2, 0.25) is 5.15 Å². The maximum Gasteiger partial charge on any atom is 0.501 e. The molecule has 0 aromatic carbocycles. The molecular formula is C12H17BClNO3. The topological polar surface area (TPSA) is 40.6 Å². The fourth-order valence-electron chi connectivity index (χ4n) is 1.78. The predicted molar refractivity (Wildman–Crippen MR) is 71.5 cm³/mol. The summed E-state index contributed by atoms with van der Waals surface area (Å²) in [5.41, 5.74) is -0.190. The Hall–Kier alpha value is -0.775. The molecule has 4 nitrogen and oxygen atoms in total. The Morgan fingerprint density at radius 3 is 2.28 bits per heavy atom. The van der Waals surface area contributed by atoms with E-state index in [1.54, 1.807) is 19.4 Å². The molecule has 1 aliphatic rings. The van der Waals surface area contributed by atoms with Crippen molar-refractivity contribution in [1.82, 2.24) is 4.98 Å². The molecule has 0 spiro atoms. The van der Waals surface area contributed by atoms with E-state index >= 15 is 0 Å². The molecule has 0 aliphatic carbocycles. The van der Waals surface area contributed by atoms with Crippen molar-refractivity contribution < 1.29 is 14.0 Å². The third-order valence-corrected chi connectivity index (χ3v) is 3.91. The summed E-state index contributed by atoms with van der Waals surface area (Å²) in [5, 5.41) is 0.341. The lowest BCUT2D eigenvalue weighted by atomic mass is 9.79. The van der Waals surface area contributed by atoms with Crippen LogP contribution in [0, 0.1) is 0 Å². The molecule has 0 bridgehead atoms. The van der Waals surface area contributed by atoms with Crippen LogP contribution in [0.1, 0.15) is 27.7 Å².